The molecule has 0 radical (unpaired) electrons. The number of nitrogens with zero attached hydrogens (tertiary/aromatic N) is 1. The second kappa shape index (κ2) is 6.67. The van der Waals surface area contributed by atoms with Crippen LogP contribution in [0, 0.1) is 5.92 Å². The van der Waals surface area contributed by atoms with Gasteiger partial charge in [0.05, 0.1) is 5.52 Å². The van der Waals surface area contributed by atoms with Crippen molar-refractivity contribution in [2.75, 3.05) is 6.54 Å². The highest BCUT2D eigenvalue weighted by Gasteiger charge is 2.19. The van der Waals surface area contributed by atoms with Crippen molar-refractivity contribution in [1.82, 2.24) is 10.3 Å². The third-order valence-electron chi connectivity index (χ3n) is 3.75. The predicted octanol–water partition coefficient (Wildman–Crippen LogP) is 4.32. The quantitative estimate of drug-likeness (QED) is 0.832. The minimum Gasteiger partial charge on any atom is -0.310 e. The first-order valence-electron chi connectivity index (χ1n) is 7.35. The molecule has 0 aliphatic rings. The minimum absolute atomic E-state index is 0.415. The van der Waals surface area contributed by atoms with E-state index in [4.69, 9.17) is 0 Å². The van der Waals surface area contributed by atoms with Crippen molar-refractivity contribution in [3.8, 4) is 0 Å². The number of hydrogen-bond donors (Lipinski definition) is 1. The first-order chi connectivity index (χ1) is 9.27. The Kier molecular flexibility index (Phi) is 4.92. The summed E-state index contributed by atoms with van der Waals surface area (Å²) in [4.78, 5) is 4.46. The van der Waals surface area contributed by atoms with Crippen LogP contribution in [0.2, 0.25) is 0 Å². The van der Waals surface area contributed by atoms with Gasteiger partial charge in [-0.1, -0.05) is 45.4 Å². The molecule has 1 aromatic heterocycles. The monoisotopic (exact) mass is 256 g/mol. The molecule has 102 valence electrons. The van der Waals surface area contributed by atoms with Crippen LogP contribution in [0.15, 0.2) is 36.5 Å². The molecule has 0 saturated carbocycles. The Hall–Kier alpha value is -1.41. The van der Waals surface area contributed by atoms with Gasteiger partial charge in [-0.05, 0) is 36.6 Å². The van der Waals surface area contributed by atoms with Crippen molar-refractivity contribution in [1.29, 1.82) is 0 Å². The summed E-state index contributed by atoms with van der Waals surface area (Å²) < 4.78 is 0. The largest absolute Gasteiger partial charge is 0.310 e. The molecule has 1 N–H and O–H groups in total. The molecule has 2 heteroatoms. The summed E-state index contributed by atoms with van der Waals surface area (Å²) in [5, 5.41) is 4.92. The van der Waals surface area contributed by atoms with E-state index in [9.17, 15) is 0 Å². The van der Waals surface area contributed by atoms with Crippen LogP contribution in [-0.2, 0) is 0 Å². The summed E-state index contributed by atoms with van der Waals surface area (Å²) in [5.74, 6) is 0.635. The van der Waals surface area contributed by atoms with E-state index < -0.39 is 0 Å². The fraction of sp³-hybridized carbons (Fsp3) is 0.471. The lowest BCUT2D eigenvalue weighted by atomic mass is 9.89. The summed E-state index contributed by atoms with van der Waals surface area (Å²) >= 11 is 0. The normalized spacial score (nSPS) is 14.5. The van der Waals surface area contributed by atoms with E-state index in [1.807, 2.05) is 12.3 Å². The van der Waals surface area contributed by atoms with Crippen LogP contribution in [0.3, 0.4) is 0 Å². The first-order valence-corrected chi connectivity index (χ1v) is 7.35. The zero-order valence-electron chi connectivity index (χ0n) is 12.2. The minimum atomic E-state index is 0.415. The van der Waals surface area contributed by atoms with Gasteiger partial charge in [0.1, 0.15) is 0 Å². The van der Waals surface area contributed by atoms with Crippen LogP contribution in [0.5, 0.6) is 0 Å². The molecule has 2 atom stereocenters. The van der Waals surface area contributed by atoms with Gasteiger partial charge in [-0.15, -0.1) is 0 Å². The van der Waals surface area contributed by atoms with E-state index in [2.05, 4.69) is 55.3 Å². The van der Waals surface area contributed by atoms with Crippen molar-refractivity contribution in [2.45, 2.75) is 39.7 Å². The maximum Gasteiger partial charge on any atom is 0.0705 e. The maximum atomic E-state index is 4.46. The van der Waals surface area contributed by atoms with Crippen LogP contribution >= 0.6 is 0 Å². The molecule has 1 aromatic carbocycles. The highest BCUT2D eigenvalue weighted by molar-refractivity contribution is 5.82. The summed E-state index contributed by atoms with van der Waals surface area (Å²) in [6.07, 6.45) is 4.34. The van der Waals surface area contributed by atoms with Crippen molar-refractivity contribution < 1.29 is 0 Å². The van der Waals surface area contributed by atoms with Gasteiger partial charge in [-0.25, -0.2) is 0 Å². The number of pyridine rings is 1. The standard InChI is InChI=1S/C17H24N2/c1-4-8-13(3)17(18-5-2)15-9-6-11-16-14(15)10-7-12-19-16/h6-7,9-13,17-18H,4-5,8H2,1-3H3. The Morgan fingerprint density at radius 3 is 2.74 bits per heavy atom. The lowest BCUT2D eigenvalue weighted by molar-refractivity contribution is 0.371. The fourth-order valence-electron chi connectivity index (χ4n) is 2.86. The van der Waals surface area contributed by atoms with Gasteiger partial charge in [0, 0.05) is 17.6 Å². The van der Waals surface area contributed by atoms with E-state index in [1.165, 1.54) is 23.8 Å². The number of rotatable bonds is 6. The molecule has 0 amide bonds. The van der Waals surface area contributed by atoms with Crippen LogP contribution < -0.4 is 5.32 Å². The lowest BCUT2D eigenvalue weighted by Crippen LogP contribution is -2.27. The highest BCUT2D eigenvalue weighted by atomic mass is 14.9. The lowest BCUT2D eigenvalue weighted by Gasteiger charge is -2.26. The average Bonchev–Trinajstić information content (AvgIpc) is 2.44. The second-order valence-electron chi connectivity index (χ2n) is 5.22. The molecule has 2 unspecified atom stereocenters. The van der Waals surface area contributed by atoms with Gasteiger partial charge >= 0.3 is 0 Å². The summed E-state index contributed by atoms with van der Waals surface area (Å²) in [6, 6.07) is 11.1. The Bertz CT molecular complexity index is 516. The zero-order chi connectivity index (χ0) is 13.7. The number of hydrogen-bond acceptors (Lipinski definition) is 2. The Labute approximate surface area is 116 Å². The van der Waals surface area contributed by atoms with Crippen LogP contribution in [0.4, 0.5) is 0 Å². The van der Waals surface area contributed by atoms with Crippen LogP contribution in [-0.4, -0.2) is 11.5 Å². The van der Waals surface area contributed by atoms with Gasteiger partial charge in [0.25, 0.3) is 0 Å². The van der Waals surface area contributed by atoms with Gasteiger partial charge in [0.15, 0.2) is 0 Å². The first kappa shape index (κ1) is 14.0. The van der Waals surface area contributed by atoms with E-state index in [0.29, 0.717) is 12.0 Å². The van der Waals surface area contributed by atoms with Crippen molar-refractivity contribution in [2.24, 2.45) is 5.92 Å². The van der Waals surface area contributed by atoms with Crippen LogP contribution in [0.1, 0.15) is 45.2 Å². The number of aromatic nitrogens is 1. The molecular formula is C17H24N2. The summed E-state index contributed by atoms with van der Waals surface area (Å²) in [5.41, 5.74) is 2.47. The fourth-order valence-corrected chi connectivity index (χ4v) is 2.86. The number of fused-ring (bicyclic) bond motifs is 1. The maximum absolute atomic E-state index is 4.46. The van der Waals surface area contributed by atoms with Crippen LogP contribution in [0.25, 0.3) is 10.9 Å². The molecule has 2 rings (SSSR count). The molecule has 0 saturated heterocycles. The van der Waals surface area contributed by atoms with Crippen molar-refractivity contribution >= 4 is 10.9 Å². The molecular weight excluding hydrogens is 232 g/mol. The molecule has 0 bridgehead atoms. The smallest absolute Gasteiger partial charge is 0.0705 e. The SMILES string of the molecule is CCCC(C)C(NCC)c1cccc2ncccc12. The molecule has 1 heterocycles. The molecule has 19 heavy (non-hydrogen) atoms. The molecule has 0 aliphatic heterocycles. The third kappa shape index (κ3) is 3.13. The average molecular weight is 256 g/mol. The van der Waals surface area contributed by atoms with Gasteiger partial charge < -0.3 is 5.32 Å². The predicted molar refractivity (Wildman–Crippen MR) is 82.2 cm³/mol. The molecule has 2 nitrogen and oxygen atoms in total. The third-order valence-corrected chi connectivity index (χ3v) is 3.75. The molecule has 0 aliphatic carbocycles. The van der Waals surface area contributed by atoms with E-state index in [0.717, 1.165) is 12.1 Å². The zero-order valence-corrected chi connectivity index (χ0v) is 12.2. The molecule has 2 aromatic rings. The number of benzene rings is 1. The summed E-state index contributed by atoms with van der Waals surface area (Å²) in [6.45, 7) is 7.76. The van der Waals surface area contributed by atoms with E-state index in [-0.39, 0.29) is 0 Å². The second-order valence-corrected chi connectivity index (χ2v) is 5.22. The highest BCUT2D eigenvalue weighted by Crippen LogP contribution is 2.30. The Morgan fingerprint density at radius 1 is 1.16 bits per heavy atom. The van der Waals surface area contributed by atoms with Crippen molar-refractivity contribution in [3.63, 3.8) is 0 Å². The van der Waals surface area contributed by atoms with E-state index >= 15 is 0 Å². The molecule has 0 spiro atoms. The topological polar surface area (TPSA) is 24.9 Å². The van der Waals surface area contributed by atoms with E-state index in [1.54, 1.807) is 0 Å². The molecule has 0 fully saturated rings. The number of nitrogens with one attached hydrogen (secondary N) is 1. The van der Waals surface area contributed by atoms with Gasteiger partial charge in [-0.3, -0.25) is 4.98 Å². The Morgan fingerprint density at radius 2 is 2.00 bits per heavy atom. The van der Waals surface area contributed by atoms with Gasteiger partial charge in [0.2, 0.25) is 0 Å². The van der Waals surface area contributed by atoms with Crippen molar-refractivity contribution in [3.05, 3.63) is 42.1 Å². The summed E-state index contributed by atoms with van der Waals surface area (Å²) in [7, 11) is 0. The van der Waals surface area contributed by atoms with Gasteiger partial charge in [-0.2, -0.15) is 0 Å². The Balaban J connectivity index is 2.43.